The zero-order valence-corrected chi connectivity index (χ0v) is 21.8. The van der Waals surface area contributed by atoms with Crippen molar-refractivity contribution in [1.29, 1.82) is 0 Å². The number of morpholine rings is 1. The van der Waals surface area contributed by atoms with Gasteiger partial charge in [-0.1, -0.05) is 23.5 Å². The molecule has 2 saturated heterocycles. The molecular weight excluding hydrogens is 506 g/mol. The first-order valence-electron chi connectivity index (χ1n) is 13.0. The van der Waals surface area contributed by atoms with Gasteiger partial charge in [0, 0.05) is 64.8 Å². The first-order chi connectivity index (χ1) is 18.7. The maximum atomic E-state index is 13.6. The van der Waals surface area contributed by atoms with Crippen molar-refractivity contribution in [3.05, 3.63) is 52.0 Å². The van der Waals surface area contributed by atoms with Crippen molar-refractivity contribution >= 4 is 34.5 Å². The van der Waals surface area contributed by atoms with E-state index in [0.717, 1.165) is 68.2 Å². The quantitative estimate of drug-likeness (QED) is 0.430. The number of carbonyl (C=O) groups is 1. The highest BCUT2D eigenvalue weighted by molar-refractivity contribution is 7.15. The number of nitrogens with zero attached hydrogens (tertiary/aromatic N) is 7. The topological polar surface area (TPSA) is 122 Å². The van der Waals surface area contributed by atoms with E-state index in [-0.39, 0.29) is 28.7 Å². The molecule has 3 aliphatic rings. The molecule has 2 atom stereocenters. The van der Waals surface area contributed by atoms with Gasteiger partial charge < -0.3 is 15.4 Å². The van der Waals surface area contributed by atoms with Crippen LogP contribution in [0, 0.1) is 0 Å². The van der Waals surface area contributed by atoms with E-state index in [9.17, 15) is 9.59 Å². The van der Waals surface area contributed by atoms with Crippen molar-refractivity contribution in [2.45, 2.75) is 18.6 Å². The molecule has 0 aliphatic carbocycles. The lowest BCUT2D eigenvalue weighted by molar-refractivity contribution is 0.0364. The van der Waals surface area contributed by atoms with Crippen LogP contribution in [0.3, 0.4) is 0 Å². The van der Waals surface area contributed by atoms with E-state index in [1.807, 2.05) is 30.3 Å². The van der Waals surface area contributed by atoms with Gasteiger partial charge in [-0.25, -0.2) is 9.36 Å². The van der Waals surface area contributed by atoms with Gasteiger partial charge in [-0.15, -0.1) is 10.2 Å². The summed E-state index contributed by atoms with van der Waals surface area (Å²) in [4.78, 5) is 35.6. The van der Waals surface area contributed by atoms with Crippen molar-refractivity contribution in [1.82, 2.24) is 39.8 Å². The number of piperazine rings is 1. The number of ether oxygens (including phenoxy) is 1. The fourth-order valence-electron chi connectivity index (χ4n) is 5.23. The first-order valence-corrected chi connectivity index (χ1v) is 13.8. The molecule has 1 aromatic carbocycles. The maximum Gasteiger partial charge on any atom is 0.335 e. The van der Waals surface area contributed by atoms with Crippen molar-refractivity contribution in [3.63, 3.8) is 0 Å². The highest BCUT2D eigenvalue weighted by Crippen LogP contribution is 2.21. The number of rotatable bonds is 7. The molecule has 0 radical (unpaired) electrons. The second kappa shape index (κ2) is 11.3. The largest absolute Gasteiger partial charge is 0.379 e. The zero-order valence-electron chi connectivity index (χ0n) is 21.0. The van der Waals surface area contributed by atoms with Crippen LogP contribution in [0.2, 0.25) is 0 Å². The monoisotopic (exact) mass is 537 g/mol. The summed E-state index contributed by atoms with van der Waals surface area (Å²) in [5, 5.41) is 15.4. The molecule has 5 heterocycles. The second-order valence-corrected chi connectivity index (χ2v) is 10.5. The van der Waals surface area contributed by atoms with Gasteiger partial charge in [0.15, 0.2) is 0 Å². The van der Waals surface area contributed by atoms with Gasteiger partial charge in [0.05, 0.1) is 36.3 Å². The summed E-state index contributed by atoms with van der Waals surface area (Å²) in [7, 11) is 0. The number of fused-ring (bicyclic) bond motifs is 1. The van der Waals surface area contributed by atoms with Crippen molar-refractivity contribution in [3.8, 4) is 5.13 Å². The summed E-state index contributed by atoms with van der Waals surface area (Å²) in [5.41, 5.74) is 1.38. The van der Waals surface area contributed by atoms with Gasteiger partial charge in [-0.2, -0.15) is 0 Å². The van der Waals surface area contributed by atoms with Crippen molar-refractivity contribution < 1.29 is 9.53 Å². The standard InChI is InChI=1S/C25H31N9O3S/c35-22(28-18-17-27-6-5-19(18)32-9-7-26-8-10-32)23-29-30-24(38-23)34-21-4-2-1-3-20(21)33(25(34)36)12-11-31-13-15-37-16-14-31/h1-6,17-19,26H,7-16H2,(H,28,35). The molecule has 2 unspecified atom stereocenters. The van der Waals surface area contributed by atoms with Crippen LogP contribution in [0.1, 0.15) is 9.80 Å². The Kier molecular flexibility index (Phi) is 7.42. The Hall–Kier alpha value is -3.23. The molecule has 1 amide bonds. The highest BCUT2D eigenvalue weighted by atomic mass is 32.1. The van der Waals surface area contributed by atoms with Crippen LogP contribution in [0.5, 0.6) is 0 Å². The summed E-state index contributed by atoms with van der Waals surface area (Å²) in [6, 6.07) is 7.40. The van der Waals surface area contributed by atoms with E-state index in [1.54, 1.807) is 21.5 Å². The molecule has 2 N–H and O–H groups in total. The van der Waals surface area contributed by atoms with E-state index in [4.69, 9.17) is 4.74 Å². The Morgan fingerprint density at radius 1 is 1.08 bits per heavy atom. The molecule has 0 spiro atoms. The molecular formula is C25H31N9O3S. The van der Waals surface area contributed by atoms with E-state index in [0.29, 0.717) is 24.9 Å². The van der Waals surface area contributed by atoms with Crippen LogP contribution >= 0.6 is 11.3 Å². The van der Waals surface area contributed by atoms with Gasteiger partial charge in [0.2, 0.25) is 10.1 Å². The molecule has 3 aromatic rings. The van der Waals surface area contributed by atoms with Crippen molar-refractivity contribution in [2.24, 2.45) is 4.99 Å². The van der Waals surface area contributed by atoms with Crippen LogP contribution < -0.4 is 16.3 Å². The molecule has 200 valence electrons. The normalized spacial score (nSPS) is 22.7. The first kappa shape index (κ1) is 25.1. The molecule has 38 heavy (non-hydrogen) atoms. The third-order valence-corrected chi connectivity index (χ3v) is 8.14. The fourth-order valence-corrected chi connectivity index (χ4v) is 5.98. The molecule has 3 aliphatic heterocycles. The zero-order chi connectivity index (χ0) is 25.9. The van der Waals surface area contributed by atoms with Crippen LogP contribution in [0.15, 0.2) is 46.3 Å². The van der Waals surface area contributed by atoms with E-state index in [2.05, 4.69) is 35.6 Å². The molecule has 6 rings (SSSR count). The molecule has 13 heteroatoms. The van der Waals surface area contributed by atoms with Crippen LogP contribution in [0.25, 0.3) is 16.2 Å². The highest BCUT2D eigenvalue weighted by Gasteiger charge is 2.29. The Labute approximate surface area is 223 Å². The van der Waals surface area contributed by atoms with Crippen LogP contribution in [-0.4, -0.2) is 112 Å². The Morgan fingerprint density at radius 2 is 1.87 bits per heavy atom. The average molecular weight is 538 g/mol. The minimum absolute atomic E-state index is 0.0259. The summed E-state index contributed by atoms with van der Waals surface area (Å²) >= 11 is 1.11. The Bertz CT molecular complexity index is 1400. The Balaban J connectivity index is 1.22. The number of amides is 1. The minimum atomic E-state index is -0.329. The van der Waals surface area contributed by atoms with Gasteiger partial charge in [0.1, 0.15) is 0 Å². The molecule has 0 bridgehead atoms. The van der Waals surface area contributed by atoms with E-state index >= 15 is 0 Å². The van der Waals surface area contributed by atoms with Gasteiger partial charge in [0.25, 0.3) is 5.91 Å². The van der Waals surface area contributed by atoms with E-state index in [1.165, 1.54) is 0 Å². The van der Waals surface area contributed by atoms with Crippen molar-refractivity contribution in [2.75, 3.05) is 59.0 Å². The van der Waals surface area contributed by atoms with E-state index < -0.39 is 0 Å². The molecule has 0 saturated carbocycles. The number of para-hydroxylation sites is 2. The summed E-state index contributed by atoms with van der Waals surface area (Å²) < 4.78 is 8.76. The molecule has 2 aromatic heterocycles. The number of aromatic nitrogens is 4. The summed E-state index contributed by atoms with van der Waals surface area (Å²) in [5.74, 6) is -0.329. The maximum absolute atomic E-state index is 13.6. The SMILES string of the molecule is O=C(NC1C=NC=CC1N1CCNCC1)c1nnc(-n2c(=O)n(CCN3CCOCC3)c3ccccc32)s1. The molecule has 2 fully saturated rings. The lowest BCUT2D eigenvalue weighted by Gasteiger charge is -2.37. The second-order valence-electron chi connectivity index (χ2n) is 9.52. The lowest BCUT2D eigenvalue weighted by Crippen LogP contribution is -2.57. The molecule has 12 nitrogen and oxygen atoms in total. The number of nitrogens with one attached hydrogen (secondary N) is 2. The van der Waals surface area contributed by atoms with Crippen LogP contribution in [0.4, 0.5) is 0 Å². The van der Waals surface area contributed by atoms with Gasteiger partial charge >= 0.3 is 5.69 Å². The third kappa shape index (κ3) is 5.07. The number of carbonyl (C=O) groups excluding carboxylic acids is 1. The number of imidazole rings is 1. The average Bonchev–Trinajstić information content (AvgIpc) is 3.55. The predicted octanol–water partition coefficient (Wildman–Crippen LogP) is -0.0538. The smallest absolute Gasteiger partial charge is 0.335 e. The summed E-state index contributed by atoms with van der Waals surface area (Å²) in [6.07, 6.45) is 5.56. The minimum Gasteiger partial charge on any atom is -0.379 e. The number of aliphatic imine (C=N–C) groups is 1. The van der Waals surface area contributed by atoms with Crippen LogP contribution in [-0.2, 0) is 11.3 Å². The van der Waals surface area contributed by atoms with Gasteiger partial charge in [-0.05, 0) is 18.2 Å². The number of benzene rings is 1. The predicted molar refractivity (Wildman–Crippen MR) is 145 cm³/mol. The Morgan fingerprint density at radius 3 is 2.68 bits per heavy atom. The fraction of sp³-hybridized carbons (Fsp3) is 0.480. The number of hydrogen-bond acceptors (Lipinski definition) is 10. The lowest BCUT2D eigenvalue weighted by atomic mass is 10.0. The van der Waals surface area contributed by atoms with Gasteiger partial charge in [-0.3, -0.25) is 24.2 Å². The number of hydrogen-bond donors (Lipinski definition) is 2. The third-order valence-electron chi connectivity index (χ3n) is 7.23. The summed E-state index contributed by atoms with van der Waals surface area (Å²) in [6.45, 7) is 8.09.